The summed E-state index contributed by atoms with van der Waals surface area (Å²) in [5, 5.41) is 9.89. The van der Waals surface area contributed by atoms with Crippen molar-refractivity contribution < 1.29 is 19.0 Å². The number of carbonyl (C=O) groups is 1. The van der Waals surface area contributed by atoms with E-state index in [1.54, 1.807) is 13.0 Å². The molecule has 0 aromatic rings. The summed E-state index contributed by atoms with van der Waals surface area (Å²) in [4.78, 5) is 11.0. The molecule has 2 aliphatic rings. The molecule has 2 fully saturated rings. The second kappa shape index (κ2) is 3.39. The number of ketones is 1. The van der Waals surface area contributed by atoms with Crippen molar-refractivity contribution in [1.82, 2.24) is 0 Å². The number of epoxide rings is 1. The van der Waals surface area contributed by atoms with E-state index in [2.05, 4.69) is 0 Å². The summed E-state index contributed by atoms with van der Waals surface area (Å²) >= 11 is 0. The van der Waals surface area contributed by atoms with E-state index < -0.39 is 28.9 Å². The Morgan fingerprint density at radius 3 is 2.59 bits per heavy atom. The highest BCUT2D eigenvalue weighted by Gasteiger charge is 2.79. The number of ether oxygens (including phenoxy) is 1. The Hall–Kier alpha value is -0.740. The highest BCUT2D eigenvalue weighted by molar-refractivity contribution is 5.87. The molecule has 17 heavy (non-hydrogen) atoms. The van der Waals surface area contributed by atoms with Crippen LogP contribution < -0.4 is 0 Å². The first-order valence-electron chi connectivity index (χ1n) is 5.88. The molecule has 0 spiro atoms. The number of hydrogen-bond donors (Lipinski definition) is 1. The molecule has 1 saturated heterocycles. The second-order valence-corrected chi connectivity index (χ2v) is 5.94. The average molecular weight is 242 g/mol. The fraction of sp³-hybridized carbons (Fsp3) is 0.769. The van der Waals surface area contributed by atoms with Crippen LogP contribution in [0, 0.1) is 5.41 Å². The van der Waals surface area contributed by atoms with Gasteiger partial charge in [-0.05, 0) is 32.4 Å². The van der Waals surface area contributed by atoms with E-state index in [1.165, 1.54) is 13.0 Å². The Balaban J connectivity index is 2.38. The van der Waals surface area contributed by atoms with E-state index in [9.17, 15) is 14.3 Å². The van der Waals surface area contributed by atoms with E-state index in [0.717, 1.165) is 0 Å². The Bertz CT molecular complexity index is 390. The van der Waals surface area contributed by atoms with Crippen LogP contribution in [-0.2, 0) is 9.53 Å². The number of allylic oxidation sites excluding steroid dienone is 1. The monoisotopic (exact) mass is 242 g/mol. The Kier molecular flexibility index (Phi) is 2.53. The van der Waals surface area contributed by atoms with Crippen molar-refractivity contribution in [2.45, 2.75) is 57.6 Å². The topological polar surface area (TPSA) is 49.8 Å². The number of aliphatic hydroxyl groups excluding tert-OH is 1. The maximum atomic E-state index is 13.7. The standard InChI is InChI=1S/C13H19FO3/c1-8(15)5-6-13-11(2,3)7-9(14)10(16)12(13,4)17-13/h5-6,9-10,16H,7H2,1-4H3/b6-5+/t9-,10+,12+,13-/m0/s1. The number of fused-ring (bicyclic) bond motifs is 1. The van der Waals surface area contributed by atoms with Crippen molar-refractivity contribution in [2.24, 2.45) is 5.41 Å². The first kappa shape index (κ1) is 12.7. The molecule has 1 N–H and O–H groups in total. The summed E-state index contributed by atoms with van der Waals surface area (Å²) in [5.41, 5.74) is -2.08. The Labute approximate surface area is 101 Å². The normalized spacial score (nSPS) is 47.9. The molecule has 1 saturated carbocycles. The molecule has 4 heteroatoms. The maximum absolute atomic E-state index is 13.7. The number of aliphatic hydroxyl groups is 1. The predicted molar refractivity (Wildman–Crippen MR) is 61.3 cm³/mol. The maximum Gasteiger partial charge on any atom is 0.152 e. The zero-order valence-corrected chi connectivity index (χ0v) is 10.7. The van der Waals surface area contributed by atoms with Crippen LogP contribution in [0.5, 0.6) is 0 Å². The summed E-state index contributed by atoms with van der Waals surface area (Å²) in [6.07, 6.45) is 0.942. The van der Waals surface area contributed by atoms with Gasteiger partial charge in [-0.3, -0.25) is 4.79 Å². The molecule has 2 rings (SSSR count). The lowest BCUT2D eigenvalue weighted by atomic mass is 9.62. The van der Waals surface area contributed by atoms with Crippen LogP contribution in [0.2, 0.25) is 0 Å². The number of hydrogen-bond acceptors (Lipinski definition) is 3. The molecule has 0 aromatic heterocycles. The first-order chi connectivity index (χ1) is 7.66. The van der Waals surface area contributed by atoms with E-state index in [4.69, 9.17) is 4.74 Å². The predicted octanol–water partition coefficient (Wildman–Crippen LogP) is 1.79. The summed E-state index contributed by atoms with van der Waals surface area (Å²) in [6, 6.07) is 0. The van der Waals surface area contributed by atoms with Crippen LogP contribution in [0.1, 0.15) is 34.1 Å². The molecular weight excluding hydrogens is 223 g/mol. The van der Waals surface area contributed by atoms with Gasteiger partial charge in [0.1, 0.15) is 23.5 Å². The minimum Gasteiger partial charge on any atom is -0.387 e. The molecule has 0 radical (unpaired) electrons. The minimum absolute atomic E-state index is 0.0788. The largest absolute Gasteiger partial charge is 0.387 e. The van der Waals surface area contributed by atoms with Gasteiger partial charge in [-0.1, -0.05) is 13.8 Å². The summed E-state index contributed by atoms with van der Waals surface area (Å²) < 4.78 is 19.4. The Morgan fingerprint density at radius 2 is 2.06 bits per heavy atom. The fourth-order valence-electron chi connectivity index (χ4n) is 3.15. The molecule has 1 heterocycles. The van der Waals surface area contributed by atoms with Crippen molar-refractivity contribution in [3.8, 4) is 0 Å². The van der Waals surface area contributed by atoms with Crippen LogP contribution in [0.3, 0.4) is 0 Å². The van der Waals surface area contributed by atoms with E-state index in [1.807, 2.05) is 13.8 Å². The van der Waals surface area contributed by atoms with Gasteiger partial charge in [-0.25, -0.2) is 4.39 Å². The van der Waals surface area contributed by atoms with Crippen LogP contribution in [0.25, 0.3) is 0 Å². The summed E-state index contributed by atoms with van der Waals surface area (Å²) in [5.74, 6) is -0.0788. The van der Waals surface area contributed by atoms with Gasteiger partial charge in [-0.15, -0.1) is 0 Å². The number of alkyl halides is 1. The lowest BCUT2D eigenvalue weighted by Gasteiger charge is -2.40. The van der Waals surface area contributed by atoms with Gasteiger partial charge in [0.2, 0.25) is 0 Å². The molecule has 4 atom stereocenters. The summed E-state index contributed by atoms with van der Waals surface area (Å²) in [7, 11) is 0. The average Bonchev–Trinajstić information content (AvgIpc) is 2.82. The van der Waals surface area contributed by atoms with Crippen LogP contribution in [-0.4, -0.2) is 34.4 Å². The van der Waals surface area contributed by atoms with Crippen molar-refractivity contribution >= 4 is 5.78 Å². The van der Waals surface area contributed by atoms with Gasteiger partial charge in [0.05, 0.1) is 0 Å². The second-order valence-electron chi connectivity index (χ2n) is 5.94. The molecule has 0 aromatic carbocycles. The third kappa shape index (κ3) is 1.50. The van der Waals surface area contributed by atoms with Crippen LogP contribution >= 0.6 is 0 Å². The molecule has 3 nitrogen and oxygen atoms in total. The van der Waals surface area contributed by atoms with Gasteiger partial charge in [-0.2, -0.15) is 0 Å². The van der Waals surface area contributed by atoms with Crippen LogP contribution in [0.4, 0.5) is 4.39 Å². The quantitative estimate of drug-likeness (QED) is 0.593. The van der Waals surface area contributed by atoms with Gasteiger partial charge in [0.15, 0.2) is 5.78 Å². The van der Waals surface area contributed by atoms with Crippen molar-refractivity contribution in [2.75, 3.05) is 0 Å². The number of carbonyl (C=O) groups excluding carboxylic acids is 1. The molecule has 1 aliphatic heterocycles. The molecule has 1 aliphatic carbocycles. The van der Waals surface area contributed by atoms with Gasteiger partial charge in [0, 0.05) is 5.41 Å². The van der Waals surface area contributed by atoms with Gasteiger partial charge >= 0.3 is 0 Å². The van der Waals surface area contributed by atoms with Crippen LogP contribution in [0.15, 0.2) is 12.2 Å². The first-order valence-corrected chi connectivity index (χ1v) is 5.88. The Morgan fingerprint density at radius 1 is 1.47 bits per heavy atom. The molecule has 0 unspecified atom stereocenters. The fourth-order valence-corrected chi connectivity index (χ4v) is 3.15. The molecule has 0 amide bonds. The SMILES string of the molecule is CC(=O)/C=C/[C@@]12O[C@]1(C)[C@H](O)[C@@H](F)CC2(C)C. The van der Waals surface area contributed by atoms with E-state index >= 15 is 0 Å². The zero-order chi connectivity index (χ0) is 13.1. The third-order valence-electron chi connectivity index (χ3n) is 4.24. The van der Waals surface area contributed by atoms with Gasteiger partial charge in [0.25, 0.3) is 0 Å². The molecule has 96 valence electrons. The van der Waals surface area contributed by atoms with E-state index in [0.29, 0.717) is 0 Å². The smallest absolute Gasteiger partial charge is 0.152 e. The summed E-state index contributed by atoms with van der Waals surface area (Å²) in [6.45, 7) is 6.97. The lowest BCUT2D eigenvalue weighted by Crippen LogP contribution is -2.53. The number of halogens is 1. The highest BCUT2D eigenvalue weighted by atomic mass is 19.1. The van der Waals surface area contributed by atoms with Crippen molar-refractivity contribution in [3.63, 3.8) is 0 Å². The number of rotatable bonds is 2. The molecular formula is C13H19FO3. The van der Waals surface area contributed by atoms with E-state index in [-0.39, 0.29) is 12.2 Å². The zero-order valence-electron chi connectivity index (χ0n) is 10.7. The minimum atomic E-state index is -1.28. The van der Waals surface area contributed by atoms with Crippen molar-refractivity contribution in [1.29, 1.82) is 0 Å². The third-order valence-corrected chi connectivity index (χ3v) is 4.24. The lowest BCUT2D eigenvalue weighted by molar-refractivity contribution is -0.112. The van der Waals surface area contributed by atoms with Crippen molar-refractivity contribution in [3.05, 3.63) is 12.2 Å². The molecule has 0 bridgehead atoms. The highest BCUT2D eigenvalue weighted by Crippen LogP contribution is 2.66. The van der Waals surface area contributed by atoms with Gasteiger partial charge < -0.3 is 9.84 Å².